The Balaban J connectivity index is 2.41. The maximum atomic E-state index is 13.7. The van der Waals surface area contributed by atoms with Crippen molar-refractivity contribution in [3.8, 4) is 0 Å². The number of nitrogens with two attached hydrogens (primary N) is 1. The molecule has 1 aromatic heterocycles. The summed E-state index contributed by atoms with van der Waals surface area (Å²) < 4.78 is 26.5. The van der Waals surface area contributed by atoms with Gasteiger partial charge in [0.05, 0.1) is 0 Å². The molecule has 0 spiro atoms. The molecule has 94 valence electrons. The molecule has 0 saturated heterocycles. The highest BCUT2D eigenvalue weighted by Gasteiger charge is 2.19. The lowest BCUT2D eigenvalue weighted by atomic mass is 10.1. The van der Waals surface area contributed by atoms with E-state index in [9.17, 15) is 8.78 Å². The van der Waals surface area contributed by atoms with Gasteiger partial charge in [-0.3, -0.25) is 5.84 Å². The van der Waals surface area contributed by atoms with E-state index in [1.807, 2.05) is 6.92 Å². The van der Waals surface area contributed by atoms with Gasteiger partial charge in [0.2, 0.25) is 0 Å². The SMILES string of the molecule is Cc1cnc(C(NN)c2ccc(F)cc2F)nc1. The first kappa shape index (κ1) is 12.5. The maximum absolute atomic E-state index is 13.7. The van der Waals surface area contributed by atoms with Crippen LogP contribution in [0.25, 0.3) is 0 Å². The number of halogens is 2. The third-order valence-corrected chi connectivity index (χ3v) is 2.50. The van der Waals surface area contributed by atoms with Crippen molar-refractivity contribution in [2.45, 2.75) is 13.0 Å². The van der Waals surface area contributed by atoms with Gasteiger partial charge in [0.25, 0.3) is 0 Å². The molecule has 4 nitrogen and oxygen atoms in total. The third kappa shape index (κ3) is 2.49. The number of aryl methyl sites for hydroxylation is 1. The summed E-state index contributed by atoms with van der Waals surface area (Å²) in [4.78, 5) is 8.15. The summed E-state index contributed by atoms with van der Waals surface area (Å²) >= 11 is 0. The predicted molar refractivity (Wildman–Crippen MR) is 62.3 cm³/mol. The fourth-order valence-corrected chi connectivity index (χ4v) is 1.59. The van der Waals surface area contributed by atoms with Crippen molar-refractivity contribution in [2.24, 2.45) is 5.84 Å². The van der Waals surface area contributed by atoms with Crippen LogP contribution >= 0.6 is 0 Å². The van der Waals surface area contributed by atoms with Gasteiger partial charge in [-0.25, -0.2) is 24.2 Å². The standard InChI is InChI=1S/C12H12F2N4/c1-7-5-16-12(17-6-7)11(18-15)9-3-2-8(13)4-10(9)14/h2-6,11,18H,15H2,1H3. The minimum absolute atomic E-state index is 0.197. The Morgan fingerprint density at radius 2 is 1.89 bits per heavy atom. The van der Waals surface area contributed by atoms with Crippen LogP contribution < -0.4 is 11.3 Å². The van der Waals surface area contributed by atoms with Gasteiger partial charge in [0.15, 0.2) is 5.82 Å². The van der Waals surface area contributed by atoms with Gasteiger partial charge >= 0.3 is 0 Å². The smallest absolute Gasteiger partial charge is 0.151 e. The maximum Gasteiger partial charge on any atom is 0.151 e. The van der Waals surface area contributed by atoms with Crippen LogP contribution in [0.1, 0.15) is 23.0 Å². The number of benzene rings is 1. The van der Waals surface area contributed by atoms with Crippen molar-refractivity contribution < 1.29 is 8.78 Å². The molecule has 1 atom stereocenters. The van der Waals surface area contributed by atoms with Crippen LogP contribution in [-0.2, 0) is 0 Å². The van der Waals surface area contributed by atoms with Crippen LogP contribution in [-0.4, -0.2) is 9.97 Å². The molecule has 2 aromatic rings. The highest BCUT2D eigenvalue weighted by Crippen LogP contribution is 2.21. The molecule has 0 aliphatic carbocycles. The normalized spacial score (nSPS) is 12.4. The lowest BCUT2D eigenvalue weighted by molar-refractivity contribution is 0.529. The Kier molecular flexibility index (Phi) is 3.59. The Morgan fingerprint density at radius 1 is 1.22 bits per heavy atom. The number of hydrogen-bond acceptors (Lipinski definition) is 4. The first-order valence-corrected chi connectivity index (χ1v) is 5.31. The van der Waals surface area contributed by atoms with Crippen molar-refractivity contribution in [1.29, 1.82) is 0 Å². The number of hydrazine groups is 1. The van der Waals surface area contributed by atoms with Crippen LogP contribution in [0.3, 0.4) is 0 Å². The molecule has 1 unspecified atom stereocenters. The number of rotatable bonds is 3. The monoisotopic (exact) mass is 250 g/mol. The van der Waals surface area contributed by atoms with E-state index in [2.05, 4.69) is 15.4 Å². The molecular formula is C12H12F2N4. The molecule has 0 bridgehead atoms. The molecule has 0 aliphatic rings. The van der Waals surface area contributed by atoms with Gasteiger partial charge < -0.3 is 0 Å². The fraction of sp³-hybridized carbons (Fsp3) is 0.167. The summed E-state index contributed by atoms with van der Waals surface area (Å²) in [7, 11) is 0. The summed E-state index contributed by atoms with van der Waals surface area (Å²) in [5.74, 6) is 4.38. The van der Waals surface area contributed by atoms with Crippen molar-refractivity contribution in [3.63, 3.8) is 0 Å². The zero-order valence-corrected chi connectivity index (χ0v) is 9.69. The highest BCUT2D eigenvalue weighted by atomic mass is 19.1. The Morgan fingerprint density at radius 3 is 2.44 bits per heavy atom. The van der Waals surface area contributed by atoms with Crippen LogP contribution in [0.5, 0.6) is 0 Å². The summed E-state index contributed by atoms with van der Waals surface area (Å²) in [5.41, 5.74) is 3.51. The second-order valence-electron chi connectivity index (χ2n) is 3.88. The second-order valence-corrected chi connectivity index (χ2v) is 3.88. The van der Waals surface area contributed by atoms with Crippen molar-refractivity contribution in [1.82, 2.24) is 15.4 Å². The molecule has 1 heterocycles. The Hall–Kier alpha value is -1.92. The van der Waals surface area contributed by atoms with Crippen LogP contribution in [0.15, 0.2) is 30.6 Å². The van der Waals surface area contributed by atoms with Crippen LogP contribution in [0.2, 0.25) is 0 Å². The minimum Gasteiger partial charge on any atom is -0.270 e. The summed E-state index contributed by atoms with van der Waals surface area (Å²) in [6, 6.07) is 2.56. The van der Waals surface area contributed by atoms with Gasteiger partial charge in [-0.1, -0.05) is 6.07 Å². The lowest BCUT2D eigenvalue weighted by Crippen LogP contribution is -2.31. The molecule has 0 amide bonds. The molecule has 0 saturated carbocycles. The van der Waals surface area contributed by atoms with Crippen molar-refractivity contribution in [3.05, 3.63) is 59.2 Å². The Labute approximate surface area is 103 Å². The Bertz CT molecular complexity index is 542. The fourth-order valence-electron chi connectivity index (χ4n) is 1.59. The summed E-state index contributed by atoms with van der Waals surface area (Å²) in [6.07, 6.45) is 3.21. The van der Waals surface area contributed by atoms with E-state index in [1.54, 1.807) is 12.4 Å². The first-order valence-electron chi connectivity index (χ1n) is 5.31. The summed E-state index contributed by atoms with van der Waals surface area (Å²) in [6.45, 7) is 1.84. The van der Waals surface area contributed by atoms with Crippen molar-refractivity contribution in [2.75, 3.05) is 0 Å². The zero-order valence-electron chi connectivity index (χ0n) is 9.69. The van der Waals surface area contributed by atoms with E-state index in [1.165, 1.54) is 6.07 Å². The average molecular weight is 250 g/mol. The van der Waals surface area contributed by atoms with Crippen LogP contribution in [0.4, 0.5) is 8.78 Å². The van der Waals surface area contributed by atoms with Gasteiger partial charge in [0, 0.05) is 24.0 Å². The zero-order chi connectivity index (χ0) is 13.1. The quantitative estimate of drug-likeness (QED) is 0.641. The van der Waals surface area contributed by atoms with Gasteiger partial charge in [-0.15, -0.1) is 0 Å². The van der Waals surface area contributed by atoms with E-state index < -0.39 is 17.7 Å². The molecule has 0 radical (unpaired) electrons. The number of hydrogen-bond donors (Lipinski definition) is 2. The number of nitrogens with zero attached hydrogens (tertiary/aromatic N) is 2. The molecule has 2 rings (SSSR count). The average Bonchev–Trinajstić information content (AvgIpc) is 2.35. The molecule has 6 heteroatoms. The number of aromatic nitrogens is 2. The van der Waals surface area contributed by atoms with E-state index in [0.717, 1.165) is 17.7 Å². The summed E-state index contributed by atoms with van der Waals surface area (Å²) in [5, 5.41) is 0. The third-order valence-electron chi connectivity index (χ3n) is 2.50. The highest BCUT2D eigenvalue weighted by molar-refractivity contribution is 5.27. The van der Waals surface area contributed by atoms with E-state index in [0.29, 0.717) is 5.82 Å². The van der Waals surface area contributed by atoms with E-state index in [4.69, 9.17) is 5.84 Å². The topological polar surface area (TPSA) is 63.8 Å². The molecule has 1 aromatic carbocycles. The van der Waals surface area contributed by atoms with Gasteiger partial charge in [-0.2, -0.15) is 0 Å². The van der Waals surface area contributed by atoms with Gasteiger partial charge in [-0.05, 0) is 18.6 Å². The molecular weight excluding hydrogens is 238 g/mol. The lowest BCUT2D eigenvalue weighted by Gasteiger charge is -2.15. The van der Waals surface area contributed by atoms with Gasteiger partial charge in [0.1, 0.15) is 17.7 Å². The first-order chi connectivity index (χ1) is 8.61. The van der Waals surface area contributed by atoms with Crippen molar-refractivity contribution >= 4 is 0 Å². The minimum atomic E-state index is -0.716. The molecule has 18 heavy (non-hydrogen) atoms. The van der Waals surface area contributed by atoms with Crippen LogP contribution in [0, 0.1) is 18.6 Å². The van der Waals surface area contributed by atoms with E-state index >= 15 is 0 Å². The largest absolute Gasteiger partial charge is 0.270 e. The van der Waals surface area contributed by atoms with E-state index in [-0.39, 0.29) is 5.56 Å². The molecule has 0 fully saturated rings. The molecule has 3 N–H and O–H groups in total. The second kappa shape index (κ2) is 5.16. The predicted octanol–water partition coefficient (Wildman–Crippen LogP) is 1.62. The molecule has 0 aliphatic heterocycles. The number of nitrogens with one attached hydrogen (secondary N) is 1.